The lowest BCUT2D eigenvalue weighted by molar-refractivity contribution is -0.145. The summed E-state index contributed by atoms with van der Waals surface area (Å²) in [5, 5.41) is 9.40. The van der Waals surface area contributed by atoms with Gasteiger partial charge in [0.15, 0.2) is 5.70 Å². The molecule has 2 fully saturated rings. The van der Waals surface area contributed by atoms with Crippen LogP contribution in [-0.2, 0) is 20.4 Å². The third-order valence-corrected chi connectivity index (χ3v) is 7.55. The molecule has 0 aliphatic carbocycles. The fraction of sp³-hybridized carbons (Fsp3) is 0.600. The van der Waals surface area contributed by atoms with Gasteiger partial charge in [-0.2, -0.15) is 0 Å². The molecule has 0 aromatic carbocycles. The van der Waals surface area contributed by atoms with E-state index >= 15 is 0 Å². The molecule has 5 nitrogen and oxygen atoms in total. The minimum atomic E-state index is -1.04. The quantitative estimate of drug-likeness (QED) is 0.777. The van der Waals surface area contributed by atoms with Crippen molar-refractivity contribution in [3.63, 3.8) is 0 Å². The third kappa shape index (κ3) is 2.00. The topological polar surface area (TPSA) is 74.7 Å². The number of nitrogens with zero attached hydrogens (tertiary/aromatic N) is 1. The number of rotatable bonds is 3. The van der Waals surface area contributed by atoms with Crippen molar-refractivity contribution < 1.29 is 18.9 Å². The Kier molecular flexibility index (Phi) is 3.19. The van der Waals surface area contributed by atoms with Crippen LogP contribution in [0.5, 0.6) is 0 Å². The molecular weight excluding hydrogens is 294 g/mol. The first kappa shape index (κ1) is 12.6. The number of amides is 1. The molecule has 2 saturated heterocycles. The second-order valence-corrected chi connectivity index (χ2v) is 8.70. The number of carboxylic acid groups (broad SMARTS) is 1. The largest absolute Gasteiger partial charge is 0.477 e. The number of β-lactam (4-membered cyclic amide) rings is 1. The maximum atomic E-state index is 11.4. The van der Waals surface area contributed by atoms with Crippen LogP contribution in [-0.4, -0.2) is 48.2 Å². The molecule has 0 saturated carbocycles. The minimum absolute atomic E-state index is 0.0296. The van der Waals surface area contributed by atoms with Gasteiger partial charge in [-0.05, 0) is 6.42 Å². The van der Waals surface area contributed by atoms with E-state index in [4.69, 9.17) is 0 Å². The molecule has 0 aromatic heterocycles. The Morgan fingerprint density at radius 2 is 2.33 bits per heavy atom. The first-order valence-electron chi connectivity index (χ1n) is 5.54. The Bertz CT molecular complexity index is 490. The molecule has 3 aliphatic heterocycles. The number of thioether (sulfide) groups is 2. The van der Waals surface area contributed by atoms with Gasteiger partial charge in [0.2, 0.25) is 5.91 Å². The molecular formula is C10H11NO4S3. The summed E-state index contributed by atoms with van der Waals surface area (Å²) in [4.78, 5) is 24.0. The Labute approximate surface area is 115 Å². The van der Waals surface area contributed by atoms with Crippen LogP contribution in [0.25, 0.3) is 0 Å². The normalized spacial score (nSPS) is 34.8. The fourth-order valence-electron chi connectivity index (χ4n) is 2.18. The summed E-state index contributed by atoms with van der Waals surface area (Å²) < 4.78 is 12.0. The van der Waals surface area contributed by atoms with E-state index in [9.17, 15) is 18.9 Å². The van der Waals surface area contributed by atoms with Crippen LogP contribution < -0.4 is 0 Å². The number of aliphatic carboxylic acids is 1. The van der Waals surface area contributed by atoms with E-state index < -0.39 is 16.8 Å². The van der Waals surface area contributed by atoms with Crippen LogP contribution in [0.4, 0.5) is 0 Å². The average molecular weight is 305 g/mol. The van der Waals surface area contributed by atoms with Crippen LogP contribution in [0.15, 0.2) is 9.93 Å². The Morgan fingerprint density at radius 3 is 2.89 bits per heavy atom. The van der Waals surface area contributed by atoms with Gasteiger partial charge in [0.05, 0.1) is 16.0 Å². The second kappa shape index (κ2) is 4.57. The monoisotopic (exact) mass is 305 g/mol. The van der Waals surface area contributed by atoms with Crippen LogP contribution in [0.3, 0.4) is 0 Å². The first-order valence-corrected chi connectivity index (χ1v) is 8.79. The predicted molar refractivity (Wildman–Crippen MR) is 71.4 cm³/mol. The zero-order chi connectivity index (χ0) is 12.9. The SMILES string of the molecule is O=C(O)C1=C(SC2CCS(=O)C2)S[C@@H]2CC(=O)N12. The summed E-state index contributed by atoms with van der Waals surface area (Å²) in [5.74, 6) is 0.166. The van der Waals surface area contributed by atoms with Crippen molar-refractivity contribution >= 4 is 46.2 Å². The van der Waals surface area contributed by atoms with Crippen molar-refractivity contribution in [1.29, 1.82) is 0 Å². The Morgan fingerprint density at radius 1 is 1.56 bits per heavy atom. The highest BCUT2D eigenvalue weighted by Crippen LogP contribution is 2.52. The number of hydrogen-bond acceptors (Lipinski definition) is 5. The van der Waals surface area contributed by atoms with E-state index in [1.165, 1.54) is 28.4 Å². The number of carbonyl (C=O) groups is 2. The van der Waals surface area contributed by atoms with Crippen molar-refractivity contribution in [2.45, 2.75) is 23.5 Å². The first-order chi connectivity index (χ1) is 8.56. The predicted octanol–water partition coefficient (Wildman–Crippen LogP) is 0.800. The van der Waals surface area contributed by atoms with Crippen LogP contribution in [0, 0.1) is 0 Å². The highest BCUT2D eigenvalue weighted by molar-refractivity contribution is 8.23. The van der Waals surface area contributed by atoms with Gasteiger partial charge in [-0.25, -0.2) is 4.79 Å². The Hall–Kier alpha value is -0.470. The van der Waals surface area contributed by atoms with Crippen LogP contribution in [0.1, 0.15) is 12.8 Å². The zero-order valence-electron chi connectivity index (χ0n) is 9.33. The van der Waals surface area contributed by atoms with Gasteiger partial charge in [-0.15, -0.1) is 11.8 Å². The van der Waals surface area contributed by atoms with Crippen molar-refractivity contribution in [2.24, 2.45) is 0 Å². The Balaban J connectivity index is 1.80. The number of carbonyl (C=O) groups excluding carboxylic acids is 1. The molecule has 0 radical (unpaired) electrons. The van der Waals surface area contributed by atoms with Gasteiger partial charge < -0.3 is 5.11 Å². The van der Waals surface area contributed by atoms with E-state index in [1.807, 2.05) is 0 Å². The summed E-state index contributed by atoms with van der Waals surface area (Å²) in [6.07, 6.45) is 1.27. The van der Waals surface area contributed by atoms with Crippen molar-refractivity contribution in [3.05, 3.63) is 9.93 Å². The third-order valence-electron chi connectivity index (χ3n) is 3.10. The highest BCUT2D eigenvalue weighted by atomic mass is 32.2. The summed E-state index contributed by atoms with van der Waals surface area (Å²) in [6.45, 7) is 0. The average Bonchev–Trinajstić information content (AvgIpc) is 2.81. The molecule has 0 bridgehead atoms. The van der Waals surface area contributed by atoms with E-state index in [-0.39, 0.29) is 22.2 Å². The van der Waals surface area contributed by atoms with E-state index in [0.29, 0.717) is 22.2 Å². The van der Waals surface area contributed by atoms with Crippen molar-refractivity contribution in [2.75, 3.05) is 11.5 Å². The smallest absolute Gasteiger partial charge is 0.354 e. The second-order valence-electron chi connectivity index (χ2n) is 4.32. The van der Waals surface area contributed by atoms with E-state index in [2.05, 4.69) is 0 Å². The molecule has 98 valence electrons. The number of carboxylic acids is 1. The standard InChI is InChI=1S/C10H11NO4S3/c12-6-3-7-11(6)8(9(13)14)10(17-7)16-5-1-2-18(15)4-5/h5,7H,1-4H2,(H,13,14)/t5?,7-,18?/m1/s1. The fourth-order valence-corrected chi connectivity index (χ4v) is 7.25. The van der Waals surface area contributed by atoms with Gasteiger partial charge >= 0.3 is 5.97 Å². The van der Waals surface area contributed by atoms with Crippen molar-refractivity contribution in [1.82, 2.24) is 4.90 Å². The van der Waals surface area contributed by atoms with Gasteiger partial charge in [0, 0.05) is 27.6 Å². The number of hydrogen-bond donors (Lipinski definition) is 1. The van der Waals surface area contributed by atoms with E-state index in [0.717, 1.165) is 6.42 Å². The van der Waals surface area contributed by atoms with Gasteiger partial charge in [0.25, 0.3) is 0 Å². The zero-order valence-corrected chi connectivity index (χ0v) is 11.8. The van der Waals surface area contributed by atoms with Gasteiger partial charge in [-0.3, -0.25) is 13.9 Å². The minimum Gasteiger partial charge on any atom is -0.477 e. The lowest BCUT2D eigenvalue weighted by atomic mass is 10.2. The van der Waals surface area contributed by atoms with E-state index in [1.54, 1.807) is 0 Å². The molecule has 18 heavy (non-hydrogen) atoms. The summed E-state index contributed by atoms with van der Waals surface area (Å²) >= 11 is 2.94. The summed E-state index contributed by atoms with van der Waals surface area (Å²) in [6, 6.07) is 0. The molecule has 1 N–H and O–H groups in total. The van der Waals surface area contributed by atoms with Crippen molar-refractivity contribution in [3.8, 4) is 0 Å². The summed E-state index contributed by atoms with van der Waals surface area (Å²) in [5.41, 5.74) is 0.129. The maximum Gasteiger partial charge on any atom is 0.354 e. The van der Waals surface area contributed by atoms with Gasteiger partial charge in [-0.1, -0.05) is 11.8 Å². The maximum absolute atomic E-state index is 11.4. The molecule has 3 aliphatic rings. The molecule has 1 amide bonds. The molecule has 8 heteroatoms. The molecule has 3 atom stereocenters. The molecule has 0 spiro atoms. The lowest BCUT2D eigenvalue weighted by Gasteiger charge is -2.33. The molecule has 3 rings (SSSR count). The number of fused-ring (bicyclic) bond motifs is 1. The highest BCUT2D eigenvalue weighted by Gasteiger charge is 2.49. The molecule has 2 unspecified atom stereocenters. The van der Waals surface area contributed by atoms with Gasteiger partial charge in [0.1, 0.15) is 0 Å². The molecule has 0 aromatic rings. The van der Waals surface area contributed by atoms with Crippen LogP contribution in [0.2, 0.25) is 0 Å². The lowest BCUT2D eigenvalue weighted by Crippen LogP contribution is -2.48. The summed E-state index contributed by atoms with van der Waals surface area (Å²) in [7, 11) is -0.764. The molecule has 3 heterocycles. The van der Waals surface area contributed by atoms with Crippen LogP contribution >= 0.6 is 23.5 Å².